The zero-order valence-corrected chi connectivity index (χ0v) is 9.76. The van der Waals surface area contributed by atoms with Gasteiger partial charge in [-0.25, -0.2) is 0 Å². The van der Waals surface area contributed by atoms with Gasteiger partial charge in [-0.15, -0.1) is 0 Å². The van der Waals surface area contributed by atoms with E-state index < -0.39 is 0 Å². The first-order valence-corrected chi connectivity index (χ1v) is 6.02. The van der Waals surface area contributed by atoms with Crippen molar-refractivity contribution in [1.29, 1.82) is 0 Å². The predicted octanol–water partition coefficient (Wildman–Crippen LogP) is 4.50. The van der Waals surface area contributed by atoms with Crippen LogP contribution in [0.15, 0.2) is 18.5 Å². The highest BCUT2D eigenvalue weighted by Crippen LogP contribution is 2.10. The van der Waals surface area contributed by atoms with Crippen LogP contribution in [0, 0.1) is 0 Å². The highest BCUT2D eigenvalue weighted by atomic mass is 35.5. The largest absolute Gasteiger partial charge is 0.353 e. The summed E-state index contributed by atoms with van der Waals surface area (Å²) in [6, 6.07) is 1.94. The summed E-state index contributed by atoms with van der Waals surface area (Å²) in [6.45, 7) is 3.36. The molecular formula is C12H20ClN. The third kappa shape index (κ3) is 4.71. The van der Waals surface area contributed by atoms with Crippen LogP contribution in [0.5, 0.6) is 0 Å². The predicted molar refractivity (Wildman–Crippen MR) is 62.8 cm³/mol. The molecule has 0 unspecified atom stereocenters. The number of aryl methyl sites for hydroxylation is 1. The van der Waals surface area contributed by atoms with Gasteiger partial charge in [0.1, 0.15) is 0 Å². The molecule has 0 saturated carbocycles. The van der Waals surface area contributed by atoms with E-state index in [1.165, 1.54) is 38.5 Å². The van der Waals surface area contributed by atoms with Gasteiger partial charge >= 0.3 is 0 Å². The Labute approximate surface area is 92.1 Å². The van der Waals surface area contributed by atoms with E-state index in [0.29, 0.717) is 0 Å². The molecule has 1 nitrogen and oxygen atoms in total. The minimum atomic E-state index is 0.844. The van der Waals surface area contributed by atoms with E-state index in [1.54, 1.807) is 0 Å². The molecule has 80 valence electrons. The van der Waals surface area contributed by atoms with Crippen molar-refractivity contribution in [3.8, 4) is 0 Å². The molecule has 14 heavy (non-hydrogen) atoms. The molecule has 0 fully saturated rings. The van der Waals surface area contributed by atoms with Crippen LogP contribution < -0.4 is 0 Å². The van der Waals surface area contributed by atoms with Crippen molar-refractivity contribution < 1.29 is 0 Å². The van der Waals surface area contributed by atoms with Gasteiger partial charge < -0.3 is 4.57 Å². The fourth-order valence-corrected chi connectivity index (χ4v) is 1.81. The van der Waals surface area contributed by atoms with Crippen molar-refractivity contribution in [2.24, 2.45) is 0 Å². The van der Waals surface area contributed by atoms with Crippen molar-refractivity contribution in [2.45, 2.75) is 52.0 Å². The quantitative estimate of drug-likeness (QED) is 0.588. The highest BCUT2D eigenvalue weighted by molar-refractivity contribution is 6.30. The lowest BCUT2D eigenvalue weighted by Gasteiger charge is -2.02. The zero-order valence-electron chi connectivity index (χ0n) is 9.01. The summed E-state index contributed by atoms with van der Waals surface area (Å²) in [6.07, 6.45) is 12.1. The number of nitrogens with zero attached hydrogens (tertiary/aromatic N) is 1. The average molecular weight is 214 g/mol. The molecule has 0 bridgehead atoms. The van der Waals surface area contributed by atoms with Gasteiger partial charge in [-0.05, 0) is 12.5 Å². The summed E-state index contributed by atoms with van der Waals surface area (Å²) in [7, 11) is 0. The lowest BCUT2D eigenvalue weighted by molar-refractivity contribution is 0.559. The van der Waals surface area contributed by atoms with Gasteiger partial charge in [0.2, 0.25) is 0 Å². The van der Waals surface area contributed by atoms with Crippen molar-refractivity contribution in [2.75, 3.05) is 0 Å². The van der Waals surface area contributed by atoms with Gasteiger partial charge in [0.25, 0.3) is 0 Å². The minimum Gasteiger partial charge on any atom is -0.353 e. The fraction of sp³-hybridized carbons (Fsp3) is 0.667. The normalized spacial score (nSPS) is 10.7. The van der Waals surface area contributed by atoms with E-state index in [0.717, 1.165) is 11.6 Å². The number of rotatable bonds is 7. The van der Waals surface area contributed by atoms with Crippen LogP contribution in [0.3, 0.4) is 0 Å². The molecule has 2 heteroatoms. The van der Waals surface area contributed by atoms with E-state index >= 15 is 0 Å². The number of aromatic nitrogens is 1. The standard InChI is InChI=1S/C12H20ClN/c1-2-3-4-5-6-7-9-14-10-8-12(13)11-14/h8,10-11H,2-7,9H2,1H3. The van der Waals surface area contributed by atoms with Gasteiger partial charge in [0.15, 0.2) is 0 Å². The maximum Gasteiger partial charge on any atom is 0.0582 e. The lowest BCUT2D eigenvalue weighted by Crippen LogP contribution is -1.93. The molecule has 1 rings (SSSR count). The van der Waals surface area contributed by atoms with E-state index in [2.05, 4.69) is 11.5 Å². The molecular weight excluding hydrogens is 194 g/mol. The van der Waals surface area contributed by atoms with E-state index in [1.807, 2.05) is 18.5 Å². The van der Waals surface area contributed by atoms with Gasteiger partial charge in [-0.1, -0.05) is 50.6 Å². The molecule has 0 aliphatic heterocycles. The van der Waals surface area contributed by atoms with Crippen molar-refractivity contribution in [1.82, 2.24) is 4.57 Å². The Bertz CT molecular complexity index is 242. The molecule has 0 radical (unpaired) electrons. The van der Waals surface area contributed by atoms with Gasteiger partial charge in [-0.2, -0.15) is 0 Å². The summed E-state index contributed by atoms with van der Waals surface area (Å²) in [5, 5.41) is 0.844. The smallest absolute Gasteiger partial charge is 0.0582 e. The van der Waals surface area contributed by atoms with Crippen LogP contribution in [0.4, 0.5) is 0 Å². The van der Waals surface area contributed by atoms with Crippen molar-refractivity contribution >= 4 is 11.6 Å². The van der Waals surface area contributed by atoms with E-state index in [9.17, 15) is 0 Å². The molecule has 0 N–H and O–H groups in total. The first kappa shape index (κ1) is 11.6. The van der Waals surface area contributed by atoms with Crippen molar-refractivity contribution in [3.05, 3.63) is 23.5 Å². The van der Waals surface area contributed by atoms with Crippen LogP contribution in [0.25, 0.3) is 0 Å². The molecule has 1 aromatic heterocycles. The molecule has 0 saturated heterocycles. The summed E-state index contributed by atoms with van der Waals surface area (Å²) < 4.78 is 2.17. The fourth-order valence-electron chi connectivity index (χ4n) is 1.63. The molecule has 0 amide bonds. The monoisotopic (exact) mass is 213 g/mol. The zero-order chi connectivity index (χ0) is 10.2. The molecule has 0 atom stereocenters. The van der Waals surface area contributed by atoms with Gasteiger partial charge in [0.05, 0.1) is 5.02 Å². The van der Waals surface area contributed by atoms with Crippen LogP contribution in [0.2, 0.25) is 5.02 Å². The molecule has 0 aliphatic carbocycles. The maximum atomic E-state index is 5.82. The molecule has 0 aromatic carbocycles. The number of halogens is 1. The topological polar surface area (TPSA) is 4.93 Å². The summed E-state index contributed by atoms with van der Waals surface area (Å²) in [4.78, 5) is 0. The Kier molecular flexibility index (Phi) is 5.77. The first-order valence-electron chi connectivity index (χ1n) is 5.64. The van der Waals surface area contributed by atoms with E-state index in [-0.39, 0.29) is 0 Å². The van der Waals surface area contributed by atoms with Gasteiger partial charge in [-0.3, -0.25) is 0 Å². The van der Waals surface area contributed by atoms with Crippen LogP contribution in [-0.2, 0) is 6.54 Å². The average Bonchev–Trinajstić information content (AvgIpc) is 2.58. The Hall–Kier alpha value is -0.430. The second-order valence-corrected chi connectivity index (χ2v) is 4.27. The van der Waals surface area contributed by atoms with Crippen LogP contribution >= 0.6 is 11.6 Å². The molecule has 0 spiro atoms. The molecule has 1 heterocycles. The number of hydrogen-bond donors (Lipinski definition) is 0. The van der Waals surface area contributed by atoms with E-state index in [4.69, 9.17) is 11.6 Å². The second-order valence-electron chi connectivity index (χ2n) is 3.84. The lowest BCUT2D eigenvalue weighted by atomic mass is 10.1. The second kappa shape index (κ2) is 6.94. The highest BCUT2D eigenvalue weighted by Gasteiger charge is 1.93. The number of hydrogen-bond acceptors (Lipinski definition) is 0. The third-order valence-corrected chi connectivity index (χ3v) is 2.71. The first-order chi connectivity index (χ1) is 6.83. The van der Waals surface area contributed by atoms with Crippen LogP contribution in [0.1, 0.15) is 45.4 Å². The minimum absolute atomic E-state index is 0.844. The van der Waals surface area contributed by atoms with Crippen LogP contribution in [-0.4, -0.2) is 4.57 Å². The Morgan fingerprint density at radius 2 is 1.86 bits per heavy atom. The Morgan fingerprint density at radius 1 is 1.14 bits per heavy atom. The number of unbranched alkanes of at least 4 members (excludes halogenated alkanes) is 5. The Morgan fingerprint density at radius 3 is 2.50 bits per heavy atom. The summed E-state index contributed by atoms with van der Waals surface area (Å²) in [5.74, 6) is 0. The third-order valence-electron chi connectivity index (χ3n) is 2.48. The summed E-state index contributed by atoms with van der Waals surface area (Å²) in [5.41, 5.74) is 0. The van der Waals surface area contributed by atoms with Gasteiger partial charge in [0, 0.05) is 18.9 Å². The Balaban J connectivity index is 1.99. The summed E-state index contributed by atoms with van der Waals surface area (Å²) >= 11 is 5.82. The molecule has 1 aromatic rings. The SMILES string of the molecule is CCCCCCCCn1ccc(Cl)c1. The molecule has 0 aliphatic rings. The maximum absolute atomic E-state index is 5.82. The van der Waals surface area contributed by atoms with Crippen molar-refractivity contribution in [3.63, 3.8) is 0 Å².